The fourth-order valence-corrected chi connectivity index (χ4v) is 1.98. The van der Waals surface area contributed by atoms with Gasteiger partial charge in [-0.3, -0.25) is 9.59 Å². The van der Waals surface area contributed by atoms with Crippen LogP contribution in [-0.2, 0) is 4.79 Å². The highest BCUT2D eigenvalue weighted by Crippen LogP contribution is 2.18. The molecule has 0 aliphatic carbocycles. The van der Waals surface area contributed by atoms with Crippen molar-refractivity contribution in [3.05, 3.63) is 29.3 Å². The Bertz CT molecular complexity index is 550. The van der Waals surface area contributed by atoms with E-state index in [2.05, 4.69) is 10.3 Å². The van der Waals surface area contributed by atoms with Crippen molar-refractivity contribution >= 4 is 33.4 Å². The number of benzene rings is 1. The van der Waals surface area contributed by atoms with E-state index in [0.29, 0.717) is 5.56 Å². The van der Waals surface area contributed by atoms with Gasteiger partial charge in [-0.05, 0) is 18.2 Å². The molecular formula is C10H9N3O2S. The SMILES string of the molecule is NC(=O)CNC(=O)c1ccc2ncsc2c1. The Balaban J connectivity index is 2.19. The number of amides is 2. The zero-order valence-corrected chi connectivity index (χ0v) is 9.08. The minimum atomic E-state index is -0.563. The number of primary amides is 1. The number of carbonyl (C=O) groups is 2. The van der Waals surface area contributed by atoms with Crippen LogP contribution in [0.3, 0.4) is 0 Å². The predicted octanol–water partition coefficient (Wildman–Crippen LogP) is 0.511. The number of nitrogens with zero attached hydrogens (tertiary/aromatic N) is 1. The molecule has 0 aliphatic heterocycles. The average Bonchev–Trinajstić information content (AvgIpc) is 2.72. The lowest BCUT2D eigenvalue weighted by Crippen LogP contribution is -2.33. The van der Waals surface area contributed by atoms with Crippen LogP contribution in [0, 0.1) is 0 Å². The molecule has 0 unspecified atom stereocenters. The van der Waals surface area contributed by atoms with Crippen molar-refractivity contribution in [2.24, 2.45) is 5.73 Å². The first-order valence-electron chi connectivity index (χ1n) is 4.56. The third-order valence-corrected chi connectivity index (χ3v) is 2.81. The van der Waals surface area contributed by atoms with E-state index in [1.54, 1.807) is 23.7 Å². The van der Waals surface area contributed by atoms with Crippen LogP contribution in [0.4, 0.5) is 0 Å². The molecule has 2 aromatic rings. The summed E-state index contributed by atoms with van der Waals surface area (Å²) in [6.45, 7) is -0.153. The molecule has 0 spiro atoms. The molecule has 6 heteroatoms. The largest absolute Gasteiger partial charge is 0.368 e. The van der Waals surface area contributed by atoms with Crippen LogP contribution < -0.4 is 11.1 Å². The maximum Gasteiger partial charge on any atom is 0.251 e. The van der Waals surface area contributed by atoms with E-state index < -0.39 is 5.91 Å². The molecule has 0 saturated heterocycles. The fraction of sp³-hybridized carbons (Fsp3) is 0.100. The summed E-state index contributed by atoms with van der Waals surface area (Å²) in [5.41, 5.74) is 8.01. The number of fused-ring (bicyclic) bond motifs is 1. The summed E-state index contributed by atoms with van der Waals surface area (Å²) in [5, 5.41) is 2.43. The molecule has 3 N–H and O–H groups in total. The van der Waals surface area contributed by atoms with Gasteiger partial charge in [0.2, 0.25) is 5.91 Å². The Morgan fingerprint density at radius 2 is 2.25 bits per heavy atom. The van der Waals surface area contributed by atoms with Gasteiger partial charge in [0.05, 0.1) is 22.3 Å². The van der Waals surface area contributed by atoms with Gasteiger partial charge in [0.25, 0.3) is 5.91 Å². The zero-order valence-electron chi connectivity index (χ0n) is 8.27. The maximum atomic E-state index is 11.6. The summed E-state index contributed by atoms with van der Waals surface area (Å²) >= 11 is 1.46. The second-order valence-corrected chi connectivity index (χ2v) is 4.07. The van der Waals surface area contributed by atoms with Gasteiger partial charge in [-0.2, -0.15) is 0 Å². The number of nitrogens with two attached hydrogens (primary N) is 1. The molecular weight excluding hydrogens is 226 g/mol. The van der Waals surface area contributed by atoms with Crippen LogP contribution in [0.25, 0.3) is 10.2 Å². The first kappa shape index (κ1) is 10.6. The quantitative estimate of drug-likeness (QED) is 0.812. The van der Waals surface area contributed by atoms with Crippen molar-refractivity contribution < 1.29 is 9.59 Å². The molecule has 2 amide bonds. The Hall–Kier alpha value is -1.95. The summed E-state index contributed by atoms with van der Waals surface area (Å²) in [4.78, 5) is 26.2. The Kier molecular flexibility index (Phi) is 2.82. The Morgan fingerprint density at radius 3 is 3.00 bits per heavy atom. The lowest BCUT2D eigenvalue weighted by atomic mass is 10.2. The highest BCUT2D eigenvalue weighted by Gasteiger charge is 2.07. The van der Waals surface area contributed by atoms with E-state index in [1.165, 1.54) is 11.3 Å². The van der Waals surface area contributed by atoms with Crippen LogP contribution in [0.15, 0.2) is 23.7 Å². The molecule has 82 valence electrons. The average molecular weight is 235 g/mol. The molecule has 16 heavy (non-hydrogen) atoms. The van der Waals surface area contributed by atoms with Crippen LogP contribution in [0.5, 0.6) is 0 Å². The van der Waals surface area contributed by atoms with Gasteiger partial charge in [-0.25, -0.2) is 4.98 Å². The minimum Gasteiger partial charge on any atom is -0.368 e. The van der Waals surface area contributed by atoms with Crippen molar-refractivity contribution in [1.82, 2.24) is 10.3 Å². The number of nitrogens with one attached hydrogen (secondary N) is 1. The Labute approximate surface area is 95.3 Å². The van der Waals surface area contributed by atoms with Gasteiger partial charge in [0.15, 0.2) is 0 Å². The third-order valence-electron chi connectivity index (χ3n) is 2.02. The van der Waals surface area contributed by atoms with Gasteiger partial charge < -0.3 is 11.1 Å². The van der Waals surface area contributed by atoms with E-state index in [9.17, 15) is 9.59 Å². The van der Waals surface area contributed by atoms with E-state index in [0.717, 1.165) is 10.2 Å². The van der Waals surface area contributed by atoms with Gasteiger partial charge >= 0.3 is 0 Å². The second-order valence-electron chi connectivity index (χ2n) is 3.18. The summed E-state index contributed by atoms with van der Waals surface area (Å²) < 4.78 is 0.937. The summed E-state index contributed by atoms with van der Waals surface area (Å²) in [6.07, 6.45) is 0. The molecule has 0 fully saturated rings. The monoisotopic (exact) mass is 235 g/mol. The number of thiazole rings is 1. The highest BCUT2D eigenvalue weighted by atomic mass is 32.1. The molecule has 0 saturated carbocycles. The maximum absolute atomic E-state index is 11.6. The lowest BCUT2D eigenvalue weighted by Gasteiger charge is -2.02. The summed E-state index contributed by atoms with van der Waals surface area (Å²) in [6, 6.07) is 5.17. The molecule has 1 aromatic carbocycles. The van der Waals surface area contributed by atoms with E-state index in [1.807, 2.05) is 0 Å². The molecule has 0 radical (unpaired) electrons. The van der Waals surface area contributed by atoms with Crippen LogP contribution in [0.2, 0.25) is 0 Å². The second kappa shape index (κ2) is 4.28. The van der Waals surface area contributed by atoms with Crippen LogP contribution in [0.1, 0.15) is 10.4 Å². The molecule has 0 bridgehead atoms. The summed E-state index contributed by atoms with van der Waals surface area (Å²) in [7, 11) is 0. The molecule has 0 aliphatic rings. The van der Waals surface area contributed by atoms with Crippen LogP contribution >= 0.6 is 11.3 Å². The smallest absolute Gasteiger partial charge is 0.251 e. The van der Waals surface area contributed by atoms with Gasteiger partial charge in [-0.15, -0.1) is 11.3 Å². The molecule has 1 aromatic heterocycles. The summed E-state index contributed by atoms with van der Waals surface area (Å²) in [5.74, 6) is -0.874. The Morgan fingerprint density at radius 1 is 1.44 bits per heavy atom. The normalized spacial score (nSPS) is 10.2. The van der Waals surface area contributed by atoms with Crippen molar-refractivity contribution in [3.8, 4) is 0 Å². The molecule has 1 heterocycles. The van der Waals surface area contributed by atoms with Crippen molar-refractivity contribution in [3.63, 3.8) is 0 Å². The first-order valence-corrected chi connectivity index (χ1v) is 5.44. The van der Waals surface area contributed by atoms with E-state index in [-0.39, 0.29) is 12.5 Å². The van der Waals surface area contributed by atoms with Crippen molar-refractivity contribution in [2.45, 2.75) is 0 Å². The topological polar surface area (TPSA) is 85.1 Å². The number of hydrogen-bond donors (Lipinski definition) is 2. The lowest BCUT2D eigenvalue weighted by molar-refractivity contribution is -0.117. The number of hydrogen-bond acceptors (Lipinski definition) is 4. The third kappa shape index (κ3) is 2.17. The predicted molar refractivity (Wildman–Crippen MR) is 61.1 cm³/mol. The van der Waals surface area contributed by atoms with Gasteiger partial charge in [0, 0.05) is 5.56 Å². The van der Waals surface area contributed by atoms with Crippen molar-refractivity contribution in [2.75, 3.05) is 6.54 Å². The fourth-order valence-electron chi connectivity index (χ4n) is 1.27. The first-order chi connectivity index (χ1) is 7.66. The van der Waals surface area contributed by atoms with Crippen LogP contribution in [-0.4, -0.2) is 23.3 Å². The van der Waals surface area contributed by atoms with E-state index in [4.69, 9.17) is 5.73 Å². The highest BCUT2D eigenvalue weighted by molar-refractivity contribution is 7.16. The minimum absolute atomic E-state index is 0.153. The molecule has 5 nitrogen and oxygen atoms in total. The molecule has 2 rings (SSSR count). The van der Waals surface area contributed by atoms with Crippen molar-refractivity contribution in [1.29, 1.82) is 0 Å². The standard InChI is InChI=1S/C10H9N3O2S/c11-9(14)4-12-10(15)6-1-2-7-8(3-6)16-5-13-7/h1-3,5H,4H2,(H2,11,14)(H,12,15). The zero-order chi connectivity index (χ0) is 11.5. The molecule has 0 atom stereocenters. The number of carbonyl (C=O) groups excluding carboxylic acids is 2. The van der Waals surface area contributed by atoms with E-state index >= 15 is 0 Å². The number of rotatable bonds is 3. The number of aromatic nitrogens is 1. The van der Waals surface area contributed by atoms with Gasteiger partial charge in [0.1, 0.15) is 0 Å². The van der Waals surface area contributed by atoms with Gasteiger partial charge in [-0.1, -0.05) is 0 Å².